The van der Waals surface area contributed by atoms with Crippen LogP contribution in [0.2, 0.25) is 0 Å². The molecule has 1 aliphatic heterocycles. The number of carbonyl (C=O) groups excluding carboxylic acids is 2. The predicted molar refractivity (Wildman–Crippen MR) is 72.5 cm³/mol. The van der Waals surface area contributed by atoms with Crippen molar-refractivity contribution in [1.29, 1.82) is 0 Å². The molecule has 0 radical (unpaired) electrons. The molecule has 1 heterocycles. The van der Waals surface area contributed by atoms with Crippen molar-refractivity contribution in [2.45, 2.75) is 38.7 Å². The molecule has 1 aliphatic rings. The quantitative estimate of drug-likeness (QED) is 0.644. The lowest BCUT2D eigenvalue weighted by molar-refractivity contribution is -0.141. The molecule has 1 fully saturated rings. The van der Waals surface area contributed by atoms with E-state index in [1.54, 1.807) is 0 Å². The molecule has 0 aliphatic carbocycles. The Kier molecular flexibility index (Phi) is 7.43. The summed E-state index contributed by atoms with van der Waals surface area (Å²) in [6.45, 7) is 4.49. The van der Waals surface area contributed by atoms with Gasteiger partial charge in [0.15, 0.2) is 0 Å². The van der Waals surface area contributed by atoms with E-state index in [0.717, 1.165) is 38.8 Å². The number of hydrogen-bond acceptors (Lipinski definition) is 4. The summed E-state index contributed by atoms with van der Waals surface area (Å²) in [5.41, 5.74) is 5.16. The van der Waals surface area contributed by atoms with Gasteiger partial charge in [-0.3, -0.25) is 9.59 Å². The molecule has 2 amide bonds. The Morgan fingerprint density at radius 3 is 2.63 bits per heavy atom. The van der Waals surface area contributed by atoms with Crippen LogP contribution in [0.5, 0.6) is 0 Å². The van der Waals surface area contributed by atoms with Gasteiger partial charge in [-0.25, -0.2) is 0 Å². The van der Waals surface area contributed by atoms with Gasteiger partial charge in [-0.2, -0.15) is 0 Å². The van der Waals surface area contributed by atoms with E-state index in [2.05, 4.69) is 5.32 Å². The second-order valence-electron chi connectivity index (χ2n) is 4.90. The molecule has 19 heavy (non-hydrogen) atoms. The molecule has 0 aromatic carbocycles. The van der Waals surface area contributed by atoms with Crippen LogP contribution in [0.1, 0.15) is 32.6 Å². The van der Waals surface area contributed by atoms with Gasteiger partial charge < -0.3 is 20.7 Å². The smallest absolute Gasteiger partial charge is 0.249 e. The van der Waals surface area contributed by atoms with E-state index >= 15 is 0 Å². The minimum atomic E-state index is -0.480. The zero-order chi connectivity index (χ0) is 14.1. The van der Waals surface area contributed by atoms with Crippen LogP contribution in [0.3, 0.4) is 0 Å². The van der Waals surface area contributed by atoms with Crippen molar-refractivity contribution in [2.24, 2.45) is 5.73 Å². The molecule has 110 valence electrons. The Morgan fingerprint density at radius 1 is 1.37 bits per heavy atom. The Hall–Kier alpha value is -1.14. The summed E-state index contributed by atoms with van der Waals surface area (Å²) in [6.07, 6.45) is 3.84. The highest BCUT2D eigenvalue weighted by atomic mass is 16.5. The lowest BCUT2D eigenvalue weighted by atomic mass is 10.1. The number of nitrogens with two attached hydrogens (primary N) is 1. The number of primary amides is 1. The number of nitrogens with one attached hydrogen (secondary N) is 1. The molecule has 0 spiro atoms. The molecule has 0 saturated carbocycles. The zero-order valence-electron chi connectivity index (χ0n) is 11.7. The predicted octanol–water partition coefficient (Wildman–Crippen LogP) is -0.131. The Bertz CT molecular complexity index is 291. The number of carbonyl (C=O) groups is 2. The Labute approximate surface area is 114 Å². The number of amides is 2. The maximum atomic E-state index is 12.0. The lowest BCUT2D eigenvalue weighted by Gasteiger charge is -2.25. The largest absolute Gasteiger partial charge is 0.368 e. The van der Waals surface area contributed by atoms with E-state index in [0.29, 0.717) is 6.54 Å². The van der Waals surface area contributed by atoms with Gasteiger partial charge in [-0.05, 0) is 32.4 Å². The highest BCUT2D eigenvalue weighted by Crippen LogP contribution is 2.07. The van der Waals surface area contributed by atoms with Gasteiger partial charge in [0.1, 0.15) is 6.61 Å². The number of hydrogen-bond donors (Lipinski definition) is 2. The molecule has 0 aromatic heterocycles. The summed E-state index contributed by atoms with van der Waals surface area (Å²) in [4.78, 5) is 24.5. The van der Waals surface area contributed by atoms with Crippen molar-refractivity contribution in [1.82, 2.24) is 10.2 Å². The number of ether oxygens (including phenoxy) is 1. The third-order valence-corrected chi connectivity index (χ3v) is 3.21. The molecule has 0 bridgehead atoms. The zero-order valence-corrected chi connectivity index (χ0v) is 11.7. The maximum absolute atomic E-state index is 12.0. The molecular weight excluding hydrogens is 246 g/mol. The van der Waals surface area contributed by atoms with E-state index in [1.807, 2.05) is 6.92 Å². The standard InChI is InChI=1S/C13H25N3O3/c1-2-3-8-16(9-12(14)17)13(18)10-19-11-4-6-15-7-5-11/h11,15H,2-10H2,1H3,(H2,14,17). The molecule has 1 saturated heterocycles. The third-order valence-electron chi connectivity index (χ3n) is 3.21. The molecular formula is C13H25N3O3. The average Bonchev–Trinajstić information content (AvgIpc) is 2.41. The van der Waals surface area contributed by atoms with Crippen LogP contribution in [-0.2, 0) is 14.3 Å². The van der Waals surface area contributed by atoms with Gasteiger partial charge in [-0.1, -0.05) is 13.3 Å². The van der Waals surface area contributed by atoms with Crippen LogP contribution in [0.15, 0.2) is 0 Å². The van der Waals surface area contributed by atoms with Crippen LogP contribution in [0.25, 0.3) is 0 Å². The average molecular weight is 271 g/mol. The van der Waals surface area contributed by atoms with E-state index in [4.69, 9.17) is 10.5 Å². The number of rotatable bonds is 8. The van der Waals surface area contributed by atoms with Crippen molar-refractivity contribution < 1.29 is 14.3 Å². The van der Waals surface area contributed by atoms with E-state index < -0.39 is 5.91 Å². The Morgan fingerprint density at radius 2 is 2.05 bits per heavy atom. The lowest BCUT2D eigenvalue weighted by Crippen LogP contribution is -2.42. The monoisotopic (exact) mass is 271 g/mol. The highest BCUT2D eigenvalue weighted by Gasteiger charge is 2.19. The molecule has 1 rings (SSSR count). The molecule has 3 N–H and O–H groups in total. The van der Waals surface area contributed by atoms with Gasteiger partial charge in [0.25, 0.3) is 0 Å². The van der Waals surface area contributed by atoms with Crippen molar-refractivity contribution in [2.75, 3.05) is 32.8 Å². The normalized spacial score (nSPS) is 16.3. The van der Waals surface area contributed by atoms with Crippen LogP contribution < -0.4 is 11.1 Å². The first-order chi connectivity index (χ1) is 9.13. The van der Waals surface area contributed by atoms with Crippen molar-refractivity contribution in [3.05, 3.63) is 0 Å². The van der Waals surface area contributed by atoms with Crippen LogP contribution in [-0.4, -0.2) is 55.6 Å². The van der Waals surface area contributed by atoms with Gasteiger partial charge >= 0.3 is 0 Å². The highest BCUT2D eigenvalue weighted by molar-refractivity contribution is 5.84. The second kappa shape index (κ2) is 8.87. The fourth-order valence-electron chi connectivity index (χ4n) is 2.07. The first-order valence-corrected chi connectivity index (χ1v) is 7.02. The third kappa shape index (κ3) is 6.54. The molecule has 6 nitrogen and oxygen atoms in total. The van der Waals surface area contributed by atoms with Gasteiger partial charge in [0, 0.05) is 6.54 Å². The maximum Gasteiger partial charge on any atom is 0.249 e. The minimum Gasteiger partial charge on any atom is -0.368 e. The summed E-state index contributed by atoms with van der Waals surface area (Å²) >= 11 is 0. The van der Waals surface area contributed by atoms with Crippen molar-refractivity contribution in [3.8, 4) is 0 Å². The van der Waals surface area contributed by atoms with Crippen molar-refractivity contribution >= 4 is 11.8 Å². The summed E-state index contributed by atoms with van der Waals surface area (Å²) in [7, 11) is 0. The molecule has 0 unspecified atom stereocenters. The van der Waals surface area contributed by atoms with Gasteiger partial charge in [0.05, 0.1) is 12.6 Å². The Balaban J connectivity index is 2.34. The SMILES string of the molecule is CCCCN(CC(N)=O)C(=O)COC1CCNCC1. The van der Waals surface area contributed by atoms with E-state index in [-0.39, 0.29) is 25.2 Å². The summed E-state index contributed by atoms with van der Waals surface area (Å²) in [5, 5.41) is 3.24. The second-order valence-corrected chi connectivity index (χ2v) is 4.90. The van der Waals surface area contributed by atoms with Crippen molar-refractivity contribution in [3.63, 3.8) is 0 Å². The summed E-state index contributed by atoms with van der Waals surface area (Å²) in [5.74, 6) is -0.628. The van der Waals surface area contributed by atoms with E-state index in [1.165, 1.54) is 4.90 Å². The first-order valence-electron chi connectivity index (χ1n) is 7.02. The first kappa shape index (κ1) is 15.9. The number of nitrogens with zero attached hydrogens (tertiary/aromatic N) is 1. The van der Waals surface area contributed by atoms with Crippen LogP contribution in [0, 0.1) is 0 Å². The summed E-state index contributed by atoms with van der Waals surface area (Å²) < 4.78 is 5.60. The number of unbranched alkanes of at least 4 members (excludes halogenated alkanes) is 1. The minimum absolute atomic E-state index is 0.0194. The molecule has 0 aromatic rings. The molecule has 0 atom stereocenters. The molecule has 6 heteroatoms. The topological polar surface area (TPSA) is 84.7 Å². The van der Waals surface area contributed by atoms with Crippen LogP contribution in [0.4, 0.5) is 0 Å². The fourth-order valence-corrected chi connectivity index (χ4v) is 2.07. The fraction of sp³-hybridized carbons (Fsp3) is 0.846. The summed E-state index contributed by atoms with van der Waals surface area (Å²) in [6, 6.07) is 0. The van der Waals surface area contributed by atoms with Gasteiger partial charge in [0.2, 0.25) is 11.8 Å². The van der Waals surface area contributed by atoms with E-state index in [9.17, 15) is 9.59 Å². The number of piperidine rings is 1. The van der Waals surface area contributed by atoms with Gasteiger partial charge in [-0.15, -0.1) is 0 Å². The van der Waals surface area contributed by atoms with Crippen LogP contribution >= 0.6 is 0 Å².